The molecule has 4 aromatic rings. The number of amides is 1. The molecule has 1 aromatic heterocycles. The van der Waals surface area contributed by atoms with E-state index in [1.54, 1.807) is 14.2 Å². The third-order valence-corrected chi connectivity index (χ3v) is 5.44. The standard InChI is InChI=1S/C25H23N5O6/c1-35-22-10-8-16(12-23(22)36-2)13-24-27-18-5-3-4-6-19(18)29(24)15-25(32)28-26-14-17-7-9-21(31)20(11-17)30(33)34/h3-12,14,31H,13,15H2,1-2H3,(H,28,32)/b26-14+. The predicted octanol–water partition coefficient (Wildman–Crippen LogP) is 3.41. The van der Waals surface area contributed by atoms with Crippen LogP contribution < -0.4 is 14.9 Å². The molecule has 0 aliphatic carbocycles. The largest absolute Gasteiger partial charge is 0.502 e. The number of para-hydroxylation sites is 2. The molecule has 0 saturated heterocycles. The van der Waals surface area contributed by atoms with Crippen LogP contribution in [0.15, 0.2) is 65.8 Å². The number of nitrogens with one attached hydrogen (secondary N) is 1. The molecule has 184 valence electrons. The van der Waals surface area contributed by atoms with Gasteiger partial charge in [0.05, 0.1) is 36.4 Å². The van der Waals surface area contributed by atoms with Gasteiger partial charge in [0.2, 0.25) is 0 Å². The Hall–Kier alpha value is -4.93. The lowest BCUT2D eigenvalue weighted by Crippen LogP contribution is -2.24. The summed E-state index contributed by atoms with van der Waals surface area (Å²) in [5.41, 5.74) is 4.81. The van der Waals surface area contributed by atoms with Crippen molar-refractivity contribution in [2.45, 2.75) is 13.0 Å². The van der Waals surface area contributed by atoms with Crippen LogP contribution >= 0.6 is 0 Å². The van der Waals surface area contributed by atoms with E-state index in [1.165, 1.54) is 18.3 Å². The second-order valence-electron chi connectivity index (χ2n) is 7.77. The Morgan fingerprint density at radius 2 is 1.92 bits per heavy atom. The molecule has 1 heterocycles. The molecule has 4 rings (SSSR count). The van der Waals surface area contributed by atoms with Crippen LogP contribution in [0.25, 0.3) is 11.0 Å². The van der Waals surface area contributed by atoms with Gasteiger partial charge in [-0.15, -0.1) is 0 Å². The summed E-state index contributed by atoms with van der Waals surface area (Å²) in [6.07, 6.45) is 1.71. The first kappa shape index (κ1) is 24.2. The molecule has 0 saturated carbocycles. The van der Waals surface area contributed by atoms with E-state index in [-0.39, 0.29) is 6.54 Å². The first-order chi connectivity index (χ1) is 17.4. The molecule has 0 fully saturated rings. The van der Waals surface area contributed by atoms with Crippen molar-refractivity contribution in [1.29, 1.82) is 0 Å². The number of carbonyl (C=O) groups is 1. The summed E-state index contributed by atoms with van der Waals surface area (Å²) < 4.78 is 12.5. The summed E-state index contributed by atoms with van der Waals surface area (Å²) in [5.74, 6) is 1.04. The molecule has 1 amide bonds. The fourth-order valence-corrected chi connectivity index (χ4v) is 3.73. The number of ether oxygens (including phenoxy) is 2. The maximum Gasteiger partial charge on any atom is 0.311 e. The van der Waals surface area contributed by atoms with Crippen molar-refractivity contribution < 1.29 is 24.3 Å². The van der Waals surface area contributed by atoms with Crippen molar-refractivity contribution >= 4 is 28.8 Å². The van der Waals surface area contributed by atoms with E-state index in [0.717, 1.165) is 22.7 Å². The maximum atomic E-state index is 12.7. The number of aromatic hydroxyl groups is 1. The number of carbonyl (C=O) groups excluding carboxylic acids is 1. The van der Waals surface area contributed by atoms with Crippen LogP contribution in [0.4, 0.5) is 5.69 Å². The fraction of sp³-hybridized carbons (Fsp3) is 0.160. The summed E-state index contributed by atoms with van der Waals surface area (Å²) in [6.45, 7) is -0.0454. The van der Waals surface area contributed by atoms with Gasteiger partial charge in [-0.2, -0.15) is 5.10 Å². The SMILES string of the molecule is COc1ccc(Cc2nc3ccccc3n2CC(=O)N/N=C/c2ccc(O)c([N+](=O)[O-])c2)cc1OC. The minimum Gasteiger partial charge on any atom is -0.502 e. The Labute approximate surface area is 205 Å². The predicted molar refractivity (Wildman–Crippen MR) is 133 cm³/mol. The van der Waals surface area contributed by atoms with Gasteiger partial charge in [0.1, 0.15) is 12.4 Å². The lowest BCUT2D eigenvalue weighted by molar-refractivity contribution is -0.385. The maximum absolute atomic E-state index is 12.7. The molecular weight excluding hydrogens is 466 g/mol. The number of fused-ring (bicyclic) bond motifs is 1. The van der Waals surface area contributed by atoms with Gasteiger partial charge in [0.15, 0.2) is 17.2 Å². The van der Waals surface area contributed by atoms with Gasteiger partial charge in [-0.3, -0.25) is 14.9 Å². The Balaban J connectivity index is 1.54. The number of hydrogen-bond acceptors (Lipinski definition) is 8. The monoisotopic (exact) mass is 489 g/mol. The van der Waals surface area contributed by atoms with Crippen molar-refractivity contribution in [3.8, 4) is 17.2 Å². The molecule has 0 unspecified atom stereocenters. The van der Waals surface area contributed by atoms with E-state index in [0.29, 0.717) is 29.3 Å². The molecule has 0 atom stereocenters. The summed E-state index contributed by atoms with van der Waals surface area (Å²) in [7, 11) is 3.14. The van der Waals surface area contributed by atoms with Crippen LogP contribution in [0.5, 0.6) is 17.2 Å². The molecule has 0 spiro atoms. The van der Waals surface area contributed by atoms with Crippen molar-refractivity contribution in [3.63, 3.8) is 0 Å². The number of nitro groups is 1. The minimum absolute atomic E-state index is 0.0454. The topological polar surface area (TPSA) is 141 Å². The zero-order chi connectivity index (χ0) is 25.7. The second-order valence-corrected chi connectivity index (χ2v) is 7.77. The molecule has 0 bridgehead atoms. The van der Waals surface area contributed by atoms with Crippen molar-refractivity contribution in [1.82, 2.24) is 15.0 Å². The van der Waals surface area contributed by atoms with E-state index in [4.69, 9.17) is 14.5 Å². The number of methoxy groups -OCH3 is 2. The highest BCUT2D eigenvalue weighted by Crippen LogP contribution is 2.29. The first-order valence-electron chi connectivity index (χ1n) is 10.8. The number of rotatable bonds is 9. The normalized spacial score (nSPS) is 11.1. The van der Waals surface area contributed by atoms with Crippen LogP contribution in [0.1, 0.15) is 17.0 Å². The van der Waals surface area contributed by atoms with Crippen molar-refractivity contribution in [3.05, 3.63) is 87.7 Å². The summed E-state index contributed by atoms with van der Waals surface area (Å²) >= 11 is 0. The number of benzene rings is 3. The highest BCUT2D eigenvalue weighted by molar-refractivity contribution is 5.84. The van der Waals surface area contributed by atoms with Crippen LogP contribution in [0, 0.1) is 10.1 Å². The summed E-state index contributed by atoms with van der Waals surface area (Å²) in [6, 6.07) is 16.9. The van der Waals surface area contributed by atoms with E-state index in [2.05, 4.69) is 10.5 Å². The van der Waals surface area contributed by atoms with Gasteiger partial charge in [-0.05, 0) is 42.0 Å². The fourth-order valence-electron chi connectivity index (χ4n) is 3.73. The van der Waals surface area contributed by atoms with Gasteiger partial charge in [-0.1, -0.05) is 18.2 Å². The Morgan fingerprint density at radius 1 is 1.14 bits per heavy atom. The Morgan fingerprint density at radius 3 is 2.67 bits per heavy atom. The van der Waals surface area contributed by atoms with Crippen LogP contribution in [-0.4, -0.2) is 45.9 Å². The number of hydrazone groups is 1. The highest BCUT2D eigenvalue weighted by Gasteiger charge is 2.16. The van der Waals surface area contributed by atoms with Gasteiger partial charge >= 0.3 is 5.69 Å². The van der Waals surface area contributed by atoms with Gasteiger partial charge < -0.3 is 19.1 Å². The van der Waals surface area contributed by atoms with Gasteiger partial charge in [-0.25, -0.2) is 10.4 Å². The summed E-state index contributed by atoms with van der Waals surface area (Å²) in [5, 5.41) is 24.4. The van der Waals surface area contributed by atoms with Crippen molar-refractivity contribution in [2.24, 2.45) is 5.10 Å². The molecule has 11 heteroatoms. The van der Waals surface area contributed by atoms with Crippen LogP contribution in [0.3, 0.4) is 0 Å². The molecule has 36 heavy (non-hydrogen) atoms. The second kappa shape index (κ2) is 10.6. The van der Waals surface area contributed by atoms with E-state index in [9.17, 15) is 20.0 Å². The quantitative estimate of drug-likeness (QED) is 0.208. The van der Waals surface area contributed by atoms with Gasteiger partial charge in [0.25, 0.3) is 5.91 Å². The number of aromatic nitrogens is 2. The van der Waals surface area contributed by atoms with Gasteiger partial charge in [0, 0.05) is 18.1 Å². The van der Waals surface area contributed by atoms with E-state index >= 15 is 0 Å². The molecule has 3 aromatic carbocycles. The number of imidazole rings is 1. The van der Waals surface area contributed by atoms with E-state index in [1.807, 2.05) is 47.0 Å². The molecule has 2 N–H and O–H groups in total. The Kier molecular flexibility index (Phi) is 7.10. The van der Waals surface area contributed by atoms with Crippen LogP contribution in [0.2, 0.25) is 0 Å². The lowest BCUT2D eigenvalue weighted by atomic mass is 10.1. The zero-order valence-corrected chi connectivity index (χ0v) is 19.5. The number of hydrogen-bond donors (Lipinski definition) is 2. The average molecular weight is 489 g/mol. The third-order valence-electron chi connectivity index (χ3n) is 5.44. The molecule has 11 nitrogen and oxygen atoms in total. The number of phenols is 1. The Bertz CT molecular complexity index is 1460. The average Bonchev–Trinajstić information content (AvgIpc) is 3.21. The van der Waals surface area contributed by atoms with Crippen LogP contribution in [-0.2, 0) is 17.8 Å². The van der Waals surface area contributed by atoms with E-state index < -0.39 is 22.3 Å². The number of phenolic OH excluding ortho intramolecular Hbond substituents is 1. The highest BCUT2D eigenvalue weighted by atomic mass is 16.6. The zero-order valence-electron chi connectivity index (χ0n) is 19.5. The smallest absolute Gasteiger partial charge is 0.311 e. The minimum atomic E-state index is -0.699. The lowest BCUT2D eigenvalue weighted by Gasteiger charge is -2.11. The molecular formula is C25H23N5O6. The third kappa shape index (κ3) is 5.25. The molecule has 0 aliphatic rings. The molecule has 0 aliphatic heterocycles. The first-order valence-corrected chi connectivity index (χ1v) is 10.8. The summed E-state index contributed by atoms with van der Waals surface area (Å²) in [4.78, 5) is 27.7. The number of nitro benzene ring substituents is 1. The van der Waals surface area contributed by atoms with Crippen molar-refractivity contribution in [2.75, 3.05) is 14.2 Å². The molecule has 0 radical (unpaired) electrons. The number of nitrogens with zero attached hydrogens (tertiary/aromatic N) is 4.